The molecule has 1 aliphatic rings. The van der Waals surface area contributed by atoms with E-state index in [1.165, 1.54) is 0 Å². The van der Waals surface area contributed by atoms with Gasteiger partial charge in [0.05, 0.1) is 16.4 Å². The van der Waals surface area contributed by atoms with E-state index in [-0.39, 0.29) is 0 Å². The Bertz CT molecular complexity index is 478. The van der Waals surface area contributed by atoms with Gasteiger partial charge in [-0.3, -0.25) is 9.48 Å². The number of carbonyl (C=O) groups is 1. The quantitative estimate of drug-likeness (QED) is 0.867. The van der Waals surface area contributed by atoms with Crippen LogP contribution in [0.2, 0.25) is 5.02 Å². The maximum atomic E-state index is 11.6. The van der Waals surface area contributed by atoms with Gasteiger partial charge in [0.2, 0.25) is 0 Å². The molecule has 1 saturated heterocycles. The number of rotatable bonds is 5. The summed E-state index contributed by atoms with van der Waals surface area (Å²) in [5, 5.41) is 17.7. The van der Waals surface area contributed by atoms with Crippen LogP contribution in [0.15, 0.2) is 0 Å². The van der Waals surface area contributed by atoms with Gasteiger partial charge in [-0.1, -0.05) is 18.5 Å². The Kier molecular flexibility index (Phi) is 4.16. The van der Waals surface area contributed by atoms with Crippen LogP contribution in [0.1, 0.15) is 38.1 Å². The van der Waals surface area contributed by atoms with E-state index in [0.717, 1.165) is 30.8 Å². The van der Waals surface area contributed by atoms with Crippen molar-refractivity contribution in [2.75, 3.05) is 6.54 Å². The minimum Gasteiger partial charge on any atom is -0.480 e. The third-order valence-electron chi connectivity index (χ3n) is 3.82. The highest BCUT2D eigenvalue weighted by Gasteiger charge is 2.42. The van der Waals surface area contributed by atoms with Gasteiger partial charge in [-0.25, -0.2) is 0 Å². The lowest BCUT2D eigenvalue weighted by Gasteiger charge is -2.24. The Morgan fingerprint density at radius 3 is 2.79 bits per heavy atom. The zero-order valence-corrected chi connectivity index (χ0v) is 12.1. The monoisotopic (exact) mass is 285 g/mol. The fourth-order valence-corrected chi connectivity index (χ4v) is 3.02. The van der Waals surface area contributed by atoms with Crippen molar-refractivity contribution in [3.8, 4) is 0 Å². The molecule has 1 aliphatic heterocycles. The standard InChI is InChI=1S/C13H20ClN3O2/c1-3-9-11(14)10(17(4-2)16-9)8-13(12(18)19)6-5-7-15-13/h15H,3-8H2,1-2H3,(H,18,19). The summed E-state index contributed by atoms with van der Waals surface area (Å²) < 4.78 is 1.83. The molecule has 2 rings (SSSR count). The number of nitrogens with zero attached hydrogens (tertiary/aromatic N) is 2. The third-order valence-corrected chi connectivity index (χ3v) is 4.25. The number of aromatic nitrogens is 2. The Morgan fingerprint density at radius 1 is 1.58 bits per heavy atom. The second-order valence-electron chi connectivity index (χ2n) is 4.97. The van der Waals surface area contributed by atoms with Crippen molar-refractivity contribution >= 4 is 17.6 Å². The van der Waals surface area contributed by atoms with Crippen molar-refractivity contribution < 1.29 is 9.90 Å². The smallest absolute Gasteiger partial charge is 0.324 e. The average Bonchev–Trinajstić information content (AvgIpc) is 2.97. The van der Waals surface area contributed by atoms with Gasteiger partial charge in [0, 0.05) is 13.0 Å². The third kappa shape index (κ3) is 2.49. The highest BCUT2D eigenvalue weighted by molar-refractivity contribution is 6.32. The molecule has 1 fully saturated rings. The number of aryl methyl sites for hydroxylation is 2. The van der Waals surface area contributed by atoms with Crippen LogP contribution in [-0.2, 0) is 24.2 Å². The van der Waals surface area contributed by atoms with Crippen LogP contribution >= 0.6 is 11.6 Å². The average molecular weight is 286 g/mol. The number of carboxylic acids is 1. The second-order valence-corrected chi connectivity index (χ2v) is 5.35. The molecule has 106 valence electrons. The van der Waals surface area contributed by atoms with Gasteiger partial charge in [-0.15, -0.1) is 0 Å². The summed E-state index contributed by atoms with van der Waals surface area (Å²) in [6, 6.07) is 0. The largest absolute Gasteiger partial charge is 0.480 e. The van der Waals surface area contributed by atoms with Crippen molar-refractivity contribution in [1.82, 2.24) is 15.1 Å². The molecule has 1 aromatic rings. The van der Waals surface area contributed by atoms with Gasteiger partial charge in [0.25, 0.3) is 0 Å². The molecule has 0 aliphatic carbocycles. The van der Waals surface area contributed by atoms with E-state index >= 15 is 0 Å². The number of hydrogen-bond acceptors (Lipinski definition) is 3. The number of nitrogens with one attached hydrogen (secondary N) is 1. The summed E-state index contributed by atoms with van der Waals surface area (Å²) in [7, 11) is 0. The molecule has 19 heavy (non-hydrogen) atoms. The fraction of sp³-hybridized carbons (Fsp3) is 0.692. The maximum Gasteiger partial charge on any atom is 0.324 e. The Labute approximate surface area is 117 Å². The van der Waals surface area contributed by atoms with Crippen molar-refractivity contribution in [1.29, 1.82) is 0 Å². The van der Waals surface area contributed by atoms with E-state index in [0.29, 0.717) is 24.4 Å². The first-order valence-corrected chi connectivity index (χ1v) is 7.14. The molecule has 2 heterocycles. The molecule has 2 N–H and O–H groups in total. The number of carboxylic acid groups (broad SMARTS) is 1. The van der Waals surface area contributed by atoms with Crippen LogP contribution in [0.25, 0.3) is 0 Å². The summed E-state index contributed by atoms with van der Waals surface area (Å²) in [5.74, 6) is -0.803. The van der Waals surface area contributed by atoms with E-state index in [1.54, 1.807) is 0 Å². The molecule has 0 radical (unpaired) electrons. The summed E-state index contributed by atoms with van der Waals surface area (Å²) in [6.07, 6.45) is 2.66. The fourth-order valence-electron chi connectivity index (χ4n) is 2.69. The van der Waals surface area contributed by atoms with E-state index in [9.17, 15) is 9.90 Å². The van der Waals surface area contributed by atoms with Gasteiger partial charge < -0.3 is 10.4 Å². The van der Waals surface area contributed by atoms with Crippen molar-refractivity contribution in [2.24, 2.45) is 0 Å². The highest BCUT2D eigenvalue weighted by Crippen LogP contribution is 2.30. The highest BCUT2D eigenvalue weighted by atomic mass is 35.5. The molecular weight excluding hydrogens is 266 g/mol. The van der Waals surface area contributed by atoms with Gasteiger partial charge >= 0.3 is 5.97 Å². The Hall–Kier alpha value is -1.07. The maximum absolute atomic E-state index is 11.6. The molecule has 0 aromatic carbocycles. The lowest BCUT2D eigenvalue weighted by molar-refractivity contribution is -0.144. The molecule has 0 spiro atoms. The van der Waals surface area contributed by atoms with Crippen molar-refractivity contribution in [3.05, 3.63) is 16.4 Å². The molecule has 0 amide bonds. The molecule has 0 saturated carbocycles. The molecule has 1 atom stereocenters. The van der Waals surface area contributed by atoms with Crippen LogP contribution in [0.4, 0.5) is 0 Å². The minimum absolute atomic E-state index is 0.391. The lowest BCUT2D eigenvalue weighted by Crippen LogP contribution is -2.49. The van der Waals surface area contributed by atoms with Crippen LogP contribution in [0.5, 0.6) is 0 Å². The Balaban J connectivity index is 2.36. The van der Waals surface area contributed by atoms with Gasteiger partial charge in [-0.05, 0) is 32.7 Å². The van der Waals surface area contributed by atoms with Gasteiger partial charge in [-0.2, -0.15) is 5.10 Å². The van der Waals surface area contributed by atoms with Crippen LogP contribution in [0, 0.1) is 0 Å². The van der Waals surface area contributed by atoms with Crippen LogP contribution in [0.3, 0.4) is 0 Å². The lowest BCUT2D eigenvalue weighted by atomic mass is 9.91. The molecule has 1 unspecified atom stereocenters. The topological polar surface area (TPSA) is 67.2 Å². The summed E-state index contributed by atoms with van der Waals surface area (Å²) in [4.78, 5) is 11.6. The summed E-state index contributed by atoms with van der Waals surface area (Å²) in [6.45, 7) is 5.43. The van der Waals surface area contributed by atoms with Gasteiger partial charge in [0.15, 0.2) is 0 Å². The van der Waals surface area contributed by atoms with Crippen molar-refractivity contribution in [2.45, 2.75) is 51.6 Å². The molecule has 0 bridgehead atoms. The minimum atomic E-state index is -0.887. The zero-order valence-electron chi connectivity index (χ0n) is 11.4. The van der Waals surface area contributed by atoms with E-state index < -0.39 is 11.5 Å². The van der Waals surface area contributed by atoms with E-state index in [2.05, 4.69) is 10.4 Å². The Morgan fingerprint density at radius 2 is 2.32 bits per heavy atom. The number of hydrogen-bond donors (Lipinski definition) is 2. The SMILES string of the molecule is CCc1nn(CC)c(CC2(C(=O)O)CCCN2)c1Cl. The molecule has 1 aromatic heterocycles. The number of aliphatic carboxylic acids is 1. The normalized spacial score (nSPS) is 22.9. The summed E-state index contributed by atoms with van der Waals surface area (Å²) in [5.41, 5.74) is 0.789. The molecule has 6 heteroatoms. The molecular formula is C13H20ClN3O2. The first-order chi connectivity index (χ1) is 9.04. The van der Waals surface area contributed by atoms with E-state index in [1.807, 2.05) is 18.5 Å². The predicted molar refractivity (Wildman–Crippen MR) is 73.6 cm³/mol. The van der Waals surface area contributed by atoms with Crippen LogP contribution in [-0.4, -0.2) is 32.9 Å². The second kappa shape index (κ2) is 5.51. The zero-order chi connectivity index (χ0) is 14.0. The first kappa shape index (κ1) is 14.3. The molecule has 5 nitrogen and oxygen atoms in total. The first-order valence-electron chi connectivity index (χ1n) is 6.76. The van der Waals surface area contributed by atoms with Crippen LogP contribution < -0.4 is 5.32 Å². The van der Waals surface area contributed by atoms with Gasteiger partial charge in [0.1, 0.15) is 5.54 Å². The van der Waals surface area contributed by atoms with E-state index in [4.69, 9.17) is 11.6 Å². The summed E-state index contributed by atoms with van der Waals surface area (Å²) >= 11 is 6.35. The predicted octanol–water partition coefficient (Wildman–Crippen LogP) is 1.87. The number of halogens is 1. The van der Waals surface area contributed by atoms with Crippen molar-refractivity contribution in [3.63, 3.8) is 0 Å².